The summed E-state index contributed by atoms with van der Waals surface area (Å²) in [6.45, 7) is 2.76. The van der Waals surface area contributed by atoms with Crippen molar-refractivity contribution < 1.29 is 9.53 Å². The Morgan fingerprint density at radius 1 is 1.43 bits per heavy atom. The van der Waals surface area contributed by atoms with Crippen LogP contribution in [-0.4, -0.2) is 19.1 Å². The Kier molecular flexibility index (Phi) is 5.38. The van der Waals surface area contributed by atoms with Crippen LogP contribution in [0, 0.1) is 11.8 Å². The molecular weight excluding hydrogens is 284 g/mol. The number of ether oxygens (including phenoxy) is 1. The van der Waals surface area contributed by atoms with Crippen molar-refractivity contribution in [2.45, 2.75) is 6.92 Å². The zero-order chi connectivity index (χ0) is 15.1. The maximum atomic E-state index is 12.2. The quantitative estimate of drug-likeness (QED) is 0.853. The van der Waals surface area contributed by atoms with Crippen molar-refractivity contribution in [1.82, 2.24) is 0 Å². The second-order valence-corrected chi connectivity index (χ2v) is 5.00. The van der Waals surface area contributed by atoms with E-state index in [4.69, 9.17) is 10.5 Å². The van der Waals surface area contributed by atoms with Gasteiger partial charge >= 0.3 is 0 Å². The van der Waals surface area contributed by atoms with Gasteiger partial charge in [0.15, 0.2) is 0 Å². The van der Waals surface area contributed by atoms with Crippen LogP contribution in [0.15, 0.2) is 35.7 Å². The lowest BCUT2D eigenvalue weighted by Gasteiger charge is -2.10. The van der Waals surface area contributed by atoms with E-state index < -0.39 is 0 Å². The Bertz CT molecular complexity index is 683. The molecule has 0 unspecified atom stereocenters. The van der Waals surface area contributed by atoms with Crippen molar-refractivity contribution in [2.75, 3.05) is 18.5 Å². The van der Waals surface area contributed by atoms with Crippen molar-refractivity contribution in [3.8, 4) is 17.6 Å². The molecule has 5 heteroatoms. The van der Waals surface area contributed by atoms with Crippen molar-refractivity contribution in [3.63, 3.8) is 0 Å². The first-order valence-corrected chi connectivity index (χ1v) is 7.43. The molecule has 0 atom stereocenters. The number of amides is 1. The molecule has 1 heterocycles. The summed E-state index contributed by atoms with van der Waals surface area (Å²) in [5, 5.41) is 4.63. The number of hydrogen-bond acceptors (Lipinski definition) is 4. The van der Waals surface area contributed by atoms with Gasteiger partial charge in [0.05, 0.1) is 29.3 Å². The molecule has 0 aliphatic rings. The summed E-state index contributed by atoms with van der Waals surface area (Å²) < 4.78 is 5.48. The van der Waals surface area contributed by atoms with E-state index >= 15 is 0 Å². The van der Waals surface area contributed by atoms with Crippen LogP contribution in [0.1, 0.15) is 22.2 Å². The van der Waals surface area contributed by atoms with E-state index in [1.54, 1.807) is 11.4 Å². The third kappa shape index (κ3) is 4.09. The molecule has 3 N–H and O–H groups in total. The highest BCUT2D eigenvalue weighted by molar-refractivity contribution is 7.10. The Morgan fingerprint density at radius 2 is 2.24 bits per heavy atom. The van der Waals surface area contributed by atoms with E-state index in [2.05, 4.69) is 17.2 Å². The van der Waals surface area contributed by atoms with Crippen LogP contribution in [0.4, 0.5) is 5.69 Å². The fourth-order valence-corrected chi connectivity index (χ4v) is 2.46. The lowest BCUT2D eigenvalue weighted by Crippen LogP contribution is -2.12. The number of para-hydroxylation sites is 2. The van der Waals surface area contributed by atoms with Gasteiger partial charge in [-0.2, -0.15) is 0 Å². The average Bonchev–Trinajstić information content (AvgIpc) is 2.96. The van der Waals surface area contributed by atoms with Crippen LogP contribution in [0.2, 0.25) is 0 Å². The first kappa shape index (κ1) is 15.1. The fraction of sp³-hybridized carbons (Fsp3) is 0.188. The van der Waals surface area contributed by atoms with Crippen LogP contribution in [0.3, 0.4) is 0 Å². The molecule has 0 aliphatic heterocycles. The van der Waals surface area contributed by atoms with Crippen molar-refractivity contribution in [3.05, 3.63) is 46.2 Å². The number of hydrogen-bond donors (Lipinski definition) is 2. The summed E-state index contributed by atoms with van der Waals surface area (Å²) in [5.74, 6) is 6.16. The van der Waals surface area contributed by atoms with Gasteiger partial charge in [-0.05, 0) is 25.1 Å². The Labute approximate surface area is 127 Å². The molecule has 0 radical (unpaired) electrons. The van der Waals surface area contributed by atoms with Gasteiger partial charge in [0, 0.05) is 5.38 Å². The topological polar surface area (TPSA) is 64.3 Å². The minimum absolute atomic E-state index is 0.181. The molecule has 2 aromatic rings. The molecule has 0 fully saturated rings. The smallest absolute Gasteiger partial charge is 0.256 e. The summed E-state index contributed by atoms with van der Waals surface area (Å²) in [4.78, 5) is 13.0. The highest BCUT2D eigenvalue weighted by Crippen LogP contribution is 2.25. The van der Waals surface area contributed by atoms with Gasteiger partial charge in [-0.3, -0.25) is 4.79 Å². The van der Waals surface area contributed by atoms with Gasteiger partial charge in [0.2, 0.25) is 0 Å². The van der Waals surface area contributed by atoms with Crippen molar-refractivity contribution in [1.29, 1.82) is 0 Å². The third-order valence-electron chi connectivity index (χ3n) is 2.61. The Morgan fingerprint density at radius 3 is 3.00 bits per heavy atom. The molecule has 0 spiro atoms. The lowest BCUT2D eigenvalue weighted by molar-refractivity contribution is 0.102. The monoisotopic (exact) mass is 300 g/mol. The van der Waals surface area contributed by atoms with E-state index in [1.165, 1.54) is 11.3 Å². The minimum Gasteiger partial charge on any atom is -0.492 e. The van der Waals surface area contributed by atoms with Crippen LogP contribution in [0.25, 0.3) is 0 Å². The maximum Gasteiger partial charge on any atom is 0.256 e. The molecule has 4 nitrogen and oxygen atoms in total. The molecule has 1 aromatic carbocycles. The predicted octanol–water partition coefficient (Wildman–Crippen LogP) is 2.71. The zero-order valence-corrected chi connectivity index (χ0v) is 12.5. The third-order valence-corrected chi connectivity index (χ3v) is 3.46. The molecule has 0 bridgehead atoms. The lowest BCUT2D eigenvalue weighted by atomic mass is 10.2. The summed E-state index contributed by atoms with van der Waals surface area (Å²) in [7, 11) is 0. The van der Waals surface area contributed by atoms with Gasteiger partial charge in [-0.1, -0.05) is 24.0 Å². The maximum absolute atomic E-state index is 12.2. The number of thiophene rings is 1. The van der Waals surface area contributed by atoms with Gasteiger partial charge < -0.3 is 15.8 Å². The van der Waals surface area contributed by atoms with E-state index in [0.29, 0.717) is 30.2 Å². The Hall–Kier alpha value is -2.29. The van der Waals surface area contributed by atoms with Gasteiger partial charge in [-0.25, -0.2) is 0 Å². The molecule has 0 saturated carbocycles. The van der Waals surface area contributed by atoms with E-state index in [0.717, 1.165) is 4.88 Å². The summed E-state index contributed by atoms with van der Waals surface area (Å²) in [5.41, 5.74) is 6.56. The van der Waals surface area contributed by atoms with E-state index in [-0.39, 0.29) is 5.91 Å². The van der Waals surface area contributed by atoms with Gasteiger partial charge in [0.1, 0.15) is 5.75 Å². The zero-order valence-electron chi connectivity index (χ0n) is 11.7. The van der Waals surface area contributed by atoms with E-state index in [1.807, 2.05) is 31.2 Å². The standard InChI is InChI=1S/C16H16N2O2S/c1-2-20-15-8-4-3-7-14(15)18-16(19)12-10-13(21-11-12)6-5-9-17/h3-4,7-8,10-11H,2,9,17H2,1H3,(H,18,19). The molecule has 108 valence electrons. The number of rotatable bonds is 4. The normalized spacial score (nSPS) is 9.62. The number of carbonyl (C=O) groups excluding carboxylic acids is 1. The second-order valence-electron chi connectivity index (χ2n) is 4.09. The summed E-state index contributed by atoms with van der Waals surface area (Å²) in [6, 6.07) is 9.11. The predicted molar refractivity (Wildman–Crippen MR) is 85.8 cm³/mol. The van der Waals surface area contributed by atoms with Crippen LogP contribution < -0.4 is 15.8 Å². The molecule has 21 heavy (non-hydrogen) atoms. The molecule has 1 aromatic heterocycles. The number of nitrogens with one attached hydrogen (secondary N) is 1. The fourth-order valence-electron chi connectivity index (χ4n) is 1.70. The van der Waals surface area contributed by atoms with Gasteiger partial charge in [-0.15, -0.1) is 11.3 Å². The molecule has 0 aliphatic carbocycles. The highest BCUT2D eigenvalue weighted by Gasteiger charge is 2.11. The van der Waals surface area contributed by atoms with Crippen LogP contribution in [0.5, 0.6) is 5.75 Å². The first-order valence-electron chi connectivity index (χ1n) is 6.55. The minimum atomic E-state index is -0.181. The molecule has 2 rings (SSSR count). The number of benzene rings is 1. The van der Waals surface area contributed by atoms with E-state index in [9.17, 15) is 4.79 Å². The summed E-state index contributed by atoms with van der Waals surface area (Å²) in [6.07, 6.45) is 0. The van der Waals surface area contributed by atoms with Crippen molar-refractivity contribution in [2.24, 2.45) is 5.73 Å². The first-order chi connectivity index (χ1) is 10.2. The van der Waals surface area contributed by atoms with Gasteiger partial charge in [0.25, 0.3) is 5.91 Å². The number of anilines is 1. The number of nitrogens with two attached hydrogens (primary N) is 1. The summed E-state index contributed by atoms with van der Waals surface area (Å²) >= 11 is 1.42. The largest absolute Gasteiger partial charge is 0.492 e. The SMILES string of the molecule is CCOc1ccccc1NC(=O)c1csc(C#CCN)c1. The second kappa shape index (κ2) is 7.48. The molecular formula is C16H16N2O2S. The average molecular weight is 300 g/mol. The molecule has 1 amide bonds. The number of carbonyl (C=O) groups is 1. The van der Waals surface area contributed by atoms with Crippen molar-refractivity contribution >= 4 is 22.9 Å². The van der Waals surface area contributed by atoms with Crippen LogP contribution in [-0.2, 0) is 0 Å². The van der Waals surface area contributed by atoms with Crippen LogP contribution >= 0.6 is 11.3 Å². The highest BCUT2D eigenvalue weighted by atomic mass is 32.1. The molecule has 0 saturated heterocycles. The Balaban J connectivity index is 2.13.